The Balaban J connectivity index is 1.83. The molecule has 0 saturated heterocycles. The van der Waals surface area contributed by atoms with Crippen LogP contribution in [0.5, 0.6) is 0 Å². The van der Waals surface area contributed by atoms with Gasteiger partial charge >= 0.3 is 0 Å². The number of hydrogen-bond acceptors (Lipinski definition) is 5. The third kappa shape index (κ3) is 3.98. The summed E-state index contributed by atoms with van der Waals surface area (Å²) in [4.78, 5) is 25.6. The van der Waals surface area contributed by atoms with Gasteiger partial charge in [-0.1, -0.05) is 13.8 Å². The molecule has 0 spiro atoms. The second-order valence-electron chi connectivity index (χ2n) is 6.62. The van der Waals surface area contributed by atoms with Crippen LogP contribution in [0.15, 0.2) is 43.1 Å². The van der Waals surface area contributed by atoms with Crippen LogP contribution in [0.3, 0.4) is 0 Å². The van der Waals surface area contributed by atoms with E-state index in [9.17, 15) is 4.79 Å². The molecule has 3 aromatic rings. The number of hydrogen-bond donors (Lipinski definition) is 0. The molecular formula is C20H26N6O. The van der Waals surface area contributed by atoms with Gasteiger partial charge < -0.3 is 4.90 Å². The summed E-state index contributed by atoms with van der Waals surface area (Å²) in [6, 6.07) is 3.77. The first-order valence-electron chi connectivity index (χ1n) is 9.26. The summed E-state index contributed by atoms with van der Waals surface area (Å²) in [6.45, 7) is 9.05. The molecule has 3 heterocycles. The molecule has 1 unspecified atom stereocenters. The van der Waals surface area contributed by atoms with Crippen LogP contribution in [0.2, 0.25) is 0 Å². The summed E-state index contributed by atoms with van der Waals surface area (Å²) < 4.78 is 1.69. The molecule has 27 heavy (non-hydrogen) atoms. The van der Waals surface area contributed by atoms with E-state index in [1.54, 1.807) is 35.1 Å². The van der Waals surface area contributed by atoms with Crippen molar-refractivity contribution >= 4 is 11.6 Å². The number of pyridine rings is 1. The van der Waals surface area contributed by atoms with E-state index >= 15 is 0 Å². The molecule has 7 heteroatoms. The van der Waals surface area contributed by atoms with Crippen molar-refractivity contribution in [3.8, 4) is 0 Å². The van der Waals surface area contributed by atoms with Crippen LogP contribution in [-0.4, -0.2) is 55.4 Å². The molecule has 7 nitrogen and oxygen atoms in total. The van der Waals surface area contributed by atoms with Crippen molar-refractivity contribution in [1.82, 2.24) is 29.4 Å². The van der Waals surface area contributed by atoms with Gasteiger partial charge in [0.2, 0.25) is 0 Å². The number of carbonyl (C=O) groups excluding carboxylic acids is 1. The Morgan fingerprint density at radius 2 is 1.89 bits per heavy atom. The number of amides is 1. The summed E-state index contributed by atoms with van der Waals surface area (Å²) in [5, 5.41) is 4.35. The number of nitrogens with zero attached hydrogens (tertiary/aromatic N) is 6. The SMILES string of the molecule is CCN(CC)Cc1cnc2c(C(=O)N(C)C(C)c3ccncc3)cnn2c1. The summed E-state index contributed by atoms with van der Waals surface area (Å²) >= 11 is 0. The normalized spacial score (nSPS) is 12.5. The third-order valence-corrected chi connectivity index (χ3v) is 5.03. The Bertz CT molecular complexity index is 903. The molecule has 0 aliphatic rings. The zero-order valence-corrected chi connectivity index (χ0v) is 16.3. The molecule has 0 aromatic carbocycles. The maximum atomic E-state index is 13.0. The topological polar surface area (TPSA) is 66.6 Å². The largest absolute Gasteiger partial charge is 0.335 e. The Kier molecular flexibility index (Phi) is 5.81. The van der Waals surface area contributed by atoms with Crippen LogP contribution >= 0.6 is 0 Å². The minimum atomic E-state index is -0.0988. The molecule has 0 N–H and O–H groups in total. The lowest BCUT2D eigenvalue weighted by Gasteiger charge is -2.24. The highest BCUT2D eigenvalue weighted by Gasteiger charge is 2.22. The molecule has 0 aliphatic carbocycles. The number of fused-ring (bicyclic) bond motifs is 1. The molecule has 0 fully saturated rings. The number of carbonyl (C=O) groups is 1. The van der Waals surface area contributed by atoms with Gasteiger partial charge in [-0.05, 0) is 37.7 Å². The average molecular weight is 366 g/mol. The van der Waals surface area contributed by atoms with E-state index in [2.05, 4.69) is 33.8 Å². The molecule has 1 atom stereocenters. The fourth-order valence-electron chi connectivity index (χ4n) is 3.08. The quantitative estimate of drug-likeness (QED) is 0.643. The van der Waals surface area contributed by atoms with Crippen LogP contribution in [0.1, 0.15) is 48.3 Å². The maximum Gasteiger partial charge on any atom is 0.259 e. The second-order valence-corrected chi connectivity index (χ2v) is 6.62. The van der Waals surface area contributed by atoms with Gasteiger partial charge in [0.1, 0.15) is 5.56 Å². The van der Waals surface area contributed by atoms with E-state index in [0.717, 1.165) is 30.8 Å². The summed E-state index contributed by atoms with van der Waals surface area (Å²) in [6.07, 6.45) is 8.85. The van der Waals surface area contributed by atoms with Gasteiger partial charge in [-0.2, -0.15) is 5.10 Å². The van der Waals surface area contributed by atoms with Crippen LogP contribution in [0.25, 0.3) is 5.65 Å². The first-order chi connectivity index (χ1) is 13.0. The molecule has 0 aliphatic heterocycles. The predicted octanol–water partition coefficient (Wildman–Crippen LogP) is 2.80. The molecule has 0 radical (unpaired) electrons. The van der Waals surface area contributed by atoms with Crippen molar-refractivity contribution < 1.29 is 4.79 Å². The highest BCUT2D eigenvalue weighted by molar-refractivity contribution is 5.99. The fourth-order valence-corrected chi connectivity index (χ4v) is 3.08. The molecule has 0 saturated carbocycles. The molecular weight excluding hydrogens is 340 g/mol. The van der Waals surface area contributed by atoms with E-state index in [4.69, 9.17) is 0 Å². The van der Waals surface area contributed by atoms with Crippen LogP contribution < -0.4 is 0 Å². The number of rotatable bonds is 7. The Labute approximate surface area is 159 Å². The lowest BCUT2D eigenvalue weighted by atomic mass is 10.1. The van der Waals surface area contributed by atoms with Gasteiger partial charge in [0.05, 0.1) is 12.2 Å². The van der Waals surface area contributed by atoms with Gasteiger partial charge in [-0.15, -0.1) is 0 Å². The summed E-state index contributed by atoms with van der Waals surface area (Å²) in [5.74, 6) is -0.0988. The van der Waals surface area contributed by atoms with E-state index in [1.807, 2.05) is 31.5 Å². The van der Waals surface area contributed by atoms with Crippen LogP contribution in [-0.2, 0) is 6.54 Å². The highest BCUT2D eigenvalue weighted by atomic mass is 16.2. The maximum absolute atomic E-state index is 13.0. The second kappa shape index (κ2) is 8.26. The lowest BCUT2D eigenvalue weighted by Crippen LogP contribution is -2.29. The van der Waals surface area contributed by atoms with E-state index in [-0.39, 0.29) is 11.9 Å². The van der Waals surface area contributed by atoms with E-state index in [0.29, 0.717) is 11.2 Å². The zero-order valence-electron chi connectivity index (χ0n) is 16.3. The molecule has 1 amide bonds. The van der Waals surface area contributed by atoms with Crippen LogP contribution in [0, 0.1) is 0 Å². The zero-order chi connectivity index (χ0) is 19.4. The van der Waals surface area contributed by atoms with Gasteiger partial charge in [0, 0.05) is 43.9 Å². The van der Waals surface area contributed by atoms with Crippen molar-refractivity contribution in [3.63, 3.8) is 0 Å². The van der Waals surface area contributed by atoms with Crippen molar-refractivity contribution in [2.45, 2.75) is 33.4 Å². The minimum absolute atomic E-state index is 0.0719. The standard InChI is InChI=1S/C20H26N6O/c1-5-25(6-2)13-16-11-22-19-18(12-23-26(19)14-16)20(27)24(4)15(3)17-7-9-21-10-8-17/h7-12,14-15H,5-6,13H2,1-4H3. The molecule has 0 bridgehead atoms. The lowest BCUT2D eigenvalue weighted by molar-refractivity contribution is 0.0744. The van der Waals surface area contributed by atoms with Gasteiger partial charge in [-0.3, -0.25) is 14.7 Å². The molecule has 3 aromatic heterocycles. The number of aromatic nitrogens is 4. The Morgan fingerprint density at radius 1 is 1.19 bits per heavy atom. The average Bonchev–Trinajstić information content (AvgIpc) is 3.14. The fraction of sp³-hybridized carbons (Fsp3) is 0.400. The smallest absolute Gasteiger partial charge is 0.259 e. The monoisotopic (exact) mass is 366 g/mol. The highest BCUT2D eigenvalue weighted by Crippen LogP contribution is 2.21. The first kappa shape index (κ1) is 19.0. The summed E-state index contributed by atoms with van der Waals surface area (Å²) in [7, 11) is 1.80. The molecule has 3 rings (SSSR count). The summed E-state index contributed by atoms with van der Waals surface area (Å²) in [5.41, 5.74) is 3.20. The Morgan fingerprint density at radius 3 is 2.56 bits per heavy atom. The van der Waals surface area contributed by atoms with Crippen molar-refractivity contribution in [2.24, 2.45) is 0 Å². The van der Waals surface area contributed by atoms with Crippen molar-refractivity contribution in [1.29, 1.82) is 0 Å². The first-order valence-corrected chi connectivity index (χ1v) is 9.26. The minimum Gasteiger partial charge on any atom is -0.335 e. The van der Waals surface area contributed by atoms with Gasteiger partial charge in [0.15, 0.2) is 5.65 Å². The predicted molar refractivity (Wildman–Crippen MR) is 104 cm³/mol. The van der Waals surface area contributed by atoms with Gasteiger partial charge in [0.25, 0.3) is 5.91 Å². The van der Waals surface area contributed by atoms with E-state index < -0.39 is 0 Å². The van der Waals surface area contributed by atoms with Crippen molar-refractivity contribution in [2.75, 3.05) is 20.1 Å². The van der Waals surface area contributed by atoms with Crippen LogP contribution in [0.4, 0.5) is 0 Å². The molecule has 142 valence electrons. The van der Waals surface area contributed by atoms with Gasteiger partial charge in [-0.25, -0.2) is 9.50 Å². The Hall–Kier alpha value is -2.80. The van der Waals surface area contributed by atoms with E-state index in [1.165, 1.54) is 0 Å². The van der Waals surface area contributed by atoms with Crippen molar-refractivity contribution in [3.05, 3.63) is 59.8 Å². The third-order valence-electron chi connectivity index (χ3n) is 5.03.